The highest BCUT2D eigenvalue weighted by Gasteiger charge is 2.27. The zero-order valence-corrected chi connectivity index (χ0v) is 7.37. The summed E-state index contributed by atoms with van der Waals surface area (Å²) in [5.74, 6) is 0. The smallest absolute Gasteiger partial charge is 0.156 e. The molecule has 0 aliphatic carbocycles. The highest BCUT2D eigenvalue weighted by atomic mass is 16.3. The van der Waals surface area contributed by atoms with E-state index >= 15 is 0 Å². The van der Waals surface area contributed by atoms with Crippen LogP contribution >= 0.6 is 0 Å². The Bertz CT molecular complexity index is 360. The normalized spacial score (nSPS) is 13.8. The zero-order valence-electron chi connectivity index (χ0n) is 7.37. The fraction of sp³-hybridized carbons (Fsp3) is 0.222. The lowest BCUT2D eigenvalue weighted by atomic mass is 9.96. The second kappa shape index (κ2) is 4.41. The average molecular weight is 191 g/mol. The highest BCUT2D eigenvalue weighted by molar-refractivity contribution is 5.66. The Labute approximate surface area is 80.6 Å². The highest BCUT2D eigenvalue weighted by Crippen LogP contribution is 2.18. The van der Waals surface area contributed by atoms with Gasteiger partial charge in [-0.25, -0.2) is 0 Å². The maximum atomic E-state index is 10.7. The average Bonchev–Trinajstić information content (AvgIpc) is 2.27. The van der Waals surface area contributed by atoms with E-state index in [1.807, 2.05) is 0 Å². The predicted molar refractivity (Wildman–Crippen MR) is 50.4 cm³/mol. The van der Waals surface area contributed by atoms with E-state index in [-0.39, 0.29) is 6.54 Å². The van der Waals surface area contributed by atoms with Crippen LogP contribution in [0.15, 0.2) is 35.4 Å². The minimum absolute atomic E-state index is 0.295. The van der Waals surface area contributed by atoms with Gasteiger partial charge in [0.2, 0.25) is 0 Å². The molecular formula is C9H9N3O2. The van der Waals surface area contributed by atoms with E-state index in [9.17, 15) is 9.90 Å². The molecule has 1 N–H and O–H groups in total. The van der Waals surface area contributed by atoms with E-state index in [0.717, 1.165) is 0 Å². The van der Waals surface area contributed by atoms with Gasteiger partial charge in [0.1, 0.15) is 0 Å². The molecule has 72 valence electrons. The van der Waals surface area contributed by atoms with Crippen LogP contribution in [0, 0.1) is 0 Å². The first-order valence-electron chi connectivity index (χ1n) is 3.98. The second-order valence-electron chi connectivity index (χ2n) is 2.80. The Balaban J connectivity index is 3.01. The fourth-order valence-corrected chi connectivity index (χ4v) is 1.06. The Morgan fingerprint density at radius 3 is 2.64 bits per heavy atom. The topological polar surface area (TPSA) is 86.1 Å². The molecule has 1 rings (SSSR count). The molecule has 0 aliphatic rings. The SMILES string of the molecule is [N-]=[N+]=NCC(O)(C=O)c1ccccc1. The lowest BCUT2D eigenvalue weighted by Crippen LogP contribution is -2.30. The van der Waals surface area contributed by atoms with E-state index in [4.69, 9.17) is 5.53 Å². The number of nitrogens with zero attached hydrogens (tertiary/aromatic N) is 3. The van der Waals surface area contributed by atoms with Crippen molar-refractivity contribution in [3.8, 4) is 0 Å². The molecule has 0 amide bonds. The Kier molecular flexibility index (Phi) is 3.23. The lowest BCUT2D eigenvalue weighted by Gasteiger charge is -2.19. The molecule has 0 radical (unpaired) electrons. The number of azide groups is 1. The standard InChI is InChI=1S/C9H9N3O2/c10-12-11-6-9(14,7-13)8-4-2-1-3-5-8/h1-5,7,14H,6H2. The number of benzene rings is 1. The van der Waals surface area contributed by atoms with E-state index in [0.29, 0.717) is 11.8 Å². The summed E-state index contributed by atoms with van der Waals surface area (Å²) in [5.41, 5.74) is 6.81. The first kappa shape index (κ1) is 10.2. The zero-order chi connectivity index (χ0) is 10.4. The Hall–Kier alpha value is -1.84. The Morgan fingerprint density at radius 2 is 2.14 bits per heavy atom. The van der Waals surface area contributed by atoms with Gasteiger partial charge in [-0.15, -0.1) is 0 Å². The third-order valence-electron chi connectivity index (χ3n) is 1.84. The van der Waals surface area contributed by atoms with Gasteiger partial charge in [0.25, 0.3) is 0 Å². The van der Waals surface area contributed by atoms with Gasteiger partial charge < -0.3 is 5.11 Å². The van der Waals surface area contributed by atoms with Crippen molar-refractivity contribution in [1.29, 1.82) is 0 Å². The summed E-state index contributed by atoms with van der Waals surface area (Å²) >= 11 is 0. The summed E-state index contributed by atoms with van der Waals surface area (Å²) in [6.07, 6.45) is 0.372. The molecule has 1 unspecified atom stereocenters. The molecule has 0 aromatic heterocycles. The number of rotatable bonds is 4. The number of carbonyl (C=O) groups is 1. The summed E-state index contributed by atoms with van der Waals surface area (Å²) in [6, 6.07) is 8.35. The third-order valence-corrected chi connectivity index (χ3v) is 1.84. The molecule has 0 heterocycles. The van der Waals surface area contributed by atoms with Crippen LogP contribution < -0.4 is 0 Å². The van der Waals surface area contributed by atoms with E-state index in [2.05, 4.69) is 10.0 Å². The molecule has 0 bridgehead atoms. The van der Waals surface area contributed by atoms with Crippen molar-refractivity contribution in [2.75, 3.05) is 6.54 Å². The second-order valence-corrected chi connectivity index (χ2v) is 2.80. The number of hydrogen-bond donors (Lipinski definition) is 1. The molecule has 1 atom stereocenters. The van der Waals surface area contributed by atoms with Gasteiger partial charge >= 0.3 is 0 Å². The van der Waals surface area contributed by atoms with Gasteiger partial charge in [-0.05, 0) is 11.1 Å². The van der Waals surface area contributed by atoms with Crippen molar-refractivity contribution in [2.45, 2.75) is 5.60 Å². The van der Waals surface area contributed by atoms with E-state index < -0.39 is 5.60 Å². The summed E-state index contributed by atoms with van der Waals surface area (Å²) in [7, 11) is 0. The predicted octanol–water partition coefficient (Wildman–Crippen LogP) is 1.38. The van der Waals surface area contributed by atoms with Crippen molar-refractivity contribution < 1.29 is 9.90 Å². The van der Waals surface area contributed by atoms with Crippen molar-refractivity contribution in [1.82, 2.24) is 0 Å². The molecule has 1 aromatic carbocycles. The minimum atomic E-state index is -1.71. The number of carbonyl (C=O) groups excluding carboxylic acids is 1. The van der Waals surface area contributed by atoms with Crippen LogP contribution in [-0.4, -0.2) is 17.9 Å². The molecule has 0 saturated heterocycles. The van der Waals surface area contributed by atoms with Crippen LogP contribution in [0.1, 0.15) is 5.56 Å². The van der Waals surface area contributed by atoms with Crippen molar-refractivity contribution in [3.63, 3.8) is 0 Å². The molecule has 5 nitrogen and oxygen atoms in total. The first-order valence-corrected chi connectivity index (χ1v) is 3.98. The number of aliphatic hydroxyl groups is 1. The monoisotopic (exact) mass is 191 g/mol. The van der Waals surface area contributed by atoms with Crippen LogP contribution in [0.2, 0.25) is 0 Å². The van der Waals surface area contributed by atoms with Gasteiger partial charge in [0.15, 0.2) is 11.9 Å². The number of hydrogen-bond acceptors (Lipinski definition) is 3. The van der Waals surface area contributed by atoms with Crippen molar-refractivity contribution in [2.24, 2.45) is 5.11 Å². The van der Waals surface area contributed by atoms with E-state index in [1.54, 1.807) is 30.3 Å². The van der Waals surface area contributed by atoms with Crippen LogP contribution in [0.4, 0.5) is 0 Å². The summed E-state index contributed by atoms with van der Waals surface area (Å²) in [4.78, 5) is 13.2. The summed E-state index contributed by atoms with van der Waals surface area (Å²) in [5, 5.41) is 13.0. The largest absolute Gasteiger partial charge is 0.377 e. The summed E-state index contributed by atoms with van der Waals surface area (Å²) < 4.78 is 0. The molecule has 0 fully saturated rings. The number of aldehydes is 1. The summed E-state index contributed by atoms with van der Waals surface area (Å²) in [6.45, 7) is -0.295. The molecule has 5 heteroatoms. The van der Waals surface area contributed by atoms with Gasteiger partial charge in [-0.1, -0.05) is 35.4 Å². The maximum Gasteiger partial charge on any atom is 0.156 e. The van der Waals surface area contributed by atoms with Crippen LogP contribution in [0.5, 0.6) is 0 Å². The van der Waals surface area contributed by atoms with Crippen LogP contribution in [-0.2, 0) is 10.4 Å². The minimum Gasteiger partial charge on any atom is -0.377 e. The maximum absolute atomic E-state index is 10.7. The molecular weight excluding hydrogens is 182 g/mol. The quantitative estimate of drug-likeness (QED) is 0.337. The molecule has 1 aromatic rings. The van der Waals surface area contributed by atoms with Gasteiger partial charge in [0, 0.05) is 4.91 Å². The van der Waals surface area contributed by atoms with Gasteiger partial charge in [0.05, 0.1) is 6.54 Å². The molecule has 14 heavy (non-hydrogen) atoms. The van der Waals surface area contributed by atoms with Crippen molar-refractivity contribution >= 4 is 6.29 Å². The third kappa shape index (κ3) is 2.10. The molecule has 0 spiro atoms. The molecule has 0 saturated carbocycles. The van der Waals surface area contributed by atoms with Crippen molar-refractivity contribution in [3.05, 3.63) is 46.3 Å². The Morgan fingerprint density at radius 1 is 1.50 bits per heavy atom. The fourth-order valence-electron chi connectivity index (χ4n) is 1.06. The van der Waals surface area contributed by atoms with E-state index in [1.165, 1.54) is 0 Å². The lowest BCUT2D eigenvalue weighted by molar-refractivity contribution is -0.123. The molecule has 0 aliphatic heterocycles. The van der Waals surface area contributed by atoms with Crippen LogP contribution in [0.3, 0.4) is 0 Å². The van der Waals surface area contributed by atoms with Gasteiger partial charge in [-0.3, -0.25) is 4.79 Å². The van der Waals surface area contributed by atoms with Gasteiger partial charge in [-0.2, -0.15) is 0 Å². The first-order chi connectivity index (χ1) is 6.73. The van der Waals surface area contributed by atoms with Crippen LogP contribution in [0.25, 0.3) is 10.4 Å².